The van der Waals surface area contributed by atoms with E-state index in [2.05, 4.69) is 52.5 Å². The summed E-state index contributed by atoms with van der Waals surface area (Å²) in [6.45, 7) is 16.0. The van der Waals surface area contributed by atoms with Crippen LogP contribution >= 0.6 is 46.6 Å². The van der Waals surface area contributed by atoms with Crippen molar-refractivity contribution < 1.29 is 60.0 Å². The number of thioether (sulfide) groups is 1. The molecule has 2 unspecified atom stereocenters. The number of benzene rings is 6. The number of anilines is 1. The van der Waals surface area contributed by atoms with Crippen LogP contribution in [0.2, 0.25) is 15.1 Å². The molecule has 18 nitrogen and oxygen atoms in total. The van der Waals surface area contributed by atoms with Crippen LogP contribution in [0.5, 0.6) is 23.0 Å². The lowest BCUT2D eigenvalue weighted by molar-refractivity contribution is -0.121. The fraction of sp³-hybridized carbons (Fsp3) is 0.400. The van der Waals surface area contributed by atoms with Crippen LogP contribution in [-0.4, -0.2) is 104 Å². The summed E-state index contributed by atoms with van der Waals surface area (Å²) in [7, 11) is -10.6. The highest BCUT2D eigenvalue weighted by atomic mass is 35.5. The van der Waals surface area contributed by atoms with E-state index < -0.39 is 81.0 Å². The van der Waals surface area contributed by atoms with Crippen molar-refractivity contribution in [1.82, 2.24) is 16.0 Å². The highest BCUT2D eigenvalue weighted by molar-refractivity contribution is 8.00. The Bertz CT molecular complexity index is 4280. The number of hydrogen-bond acceptors (Lipinski definition) is 14. The van der Waals surface area contributed by atoms with E-state index in [4.69, 9.17) is 49.3 Å². The first kappa shape index (κ1) is 71.6. The van der Waals surface area contributed by atoms with Gasteiger partial charge in [-0.05, 0) is 166 Å². The minimum atomic E-state index is -5.31. The summed E-state index contributed by atoms with van der Waals surface area (Å²) in [6.07, 6.45) is 7.72. The molecule has 2 atom stereocenters. The molecule has 0 aliphatic carbocycles. The zero-order valence-electron chi connectivity index (χ0n) is 53.6. The van der Waals surface area contributed by atoms with Gasteiger partial charge in [0.05, 0.1) is 43.0 Å². The fourth-order valence-electron chi connectivity index (χ4n) is 13.0. The van der Waals surface area contributed by atoms with Gasteiger partial charge >= 0.3 is 5.97 Å². The third-order valence-electron chi connectivity index (χ3n) is 17.0. The number of carbonyl (C=O) groups is 3. The van der Waals surface area contributed by atoms with Crippen LogP contribution in [0.4, 0.5) is 5.69 Å². The Kier molecular flexibility index (Phi) is 23.0. The van der Waals surface area contributed by atoms with Gasteiger partial charge in [-0.3, -0.25) is 23.7 Å². The van der Waals surface area contributed by atoms with Crippen LogP contribution in [0.15, 0.2) is 111 Å². The molecular formula is C70H80Cl3N5O13S3. The SMILES string of the molecule is CCC(=C(c1ccc(O)cc1)c1ccc(OCCNCCCCCCNC(=O)CCCCCNC(=O)CSc2c(Cl)c(Cl)c(C(=O)O)c(C3=c4cc5c(c(S(=O)(=O)O)c4Oc4c3cc3c(c4S(=O)(=O)O)NC(C)(C)CC3C)=NC(C)(C)CC5C)c2Cl)cc1)c1ccccc1. The molecule has 3 aliphatic heterocycles. The molecule has 0 fully saturated rings. The van der Waals surface area contributed by atoms with E-state index in [9.17, 15) is 50.5 Å². The topological polar surface area (TPSA) is 279 Å². The second-order valence-electron chi connectivity index (χ2n) is 25.4. The maximum Gasteiger partial charge on any atom is 0.337 e. The van der Waals surface area contributed by atoms with Crippen molar-refractivity contribution in [2.24, 2.45) is 4.99 Å². The maximum absolute atomic E-state index is 13.8. The number of ether oxygens (including phenoxy) is 2. The summed E-state index contributed by atoms with van der Waals surface area (Å²) in [4.78, 5) is 42.8. The molecule has 502 valence electrons. The summed E-state index contributed by atoms with van der Waals surface area (Å²) < 4.78 is 89.8. The van der Waals surface area contributed by atoms with Crippen LogP contribution in [0.1, 0.15) is 180 Å². The number of nitrogens with zero attached hydrogens (tertiary/aromatic N) is 1. The minimum Gasteiger partial charge on any atom is -0.508 e. The Balaban J connectivity index is 0.771. The average Bonchev–Trinajstić information content (AvgIpc) is 0.698. The predicted molar refractivity (Wildman–Crippen MR) is 370 cm³/mol. The minimum absolute atomic E-state index is 0.0330. The molecule has 0 bridgehead atoms. The number of nitrogens with one attached hydrogen (secondary N) is 4. The molecule has 94 heavy (non-hydrogen) atoms. The number of aromatic hydroxyl groups is 1. The molecule has 3 heterocycles. The molecule has 8 N–H and O–H groups in total. The van der Waals surface area contributed by atoms with Gasteiger partial charge in [-0.2, -0.15) is 16.8 Å². The van der Waals surface area contributed by atoms with E-state index in [0.717, 1.165) is 78.4 Å². The first-order valence-electron chi connectivity index (χ1n) is 31.6. The van der Waals surface area contributed by atoms with E-state index in [1.54, 1.807) is 38.1 Å². The predicted octanol–water partition coefficient (Wildman–Crippen LogP) is 14.0. The first-order chi connectivity index (χ1) is 44.5. The monoisotopic (exact) mass is 1400 g/mol. The van der Waals surface area contributed by atoms with E-state index in [1.807, 2.05) is 70.2 Å². The number of carboxylic acids is 1. The molecule has 24 heteroatoms. The van der Waals surface area contributed by atoms with E-state index >= 15 is 0 Å². The lowest BCUT2D eigenvalue weighted by Crippen LogP contribution is -2.39. The number of carbonyl (C=O) groups excluding carboxylic acids is 2. The summed E-state index contributed by atoms with van der Waals surface area (Å²) in [5, 5.41) is 32.1. The largest absolute Gasteiger partial charge is 0.508 e. The van der Waals surface area contributed by atoms with Crippen molar-refractivity contribution in [3.05, 3.63) is 161 Å². The molecule has 6 aromatic rings. The number of allylic oxidation sites excluding steroid dienone is 1. The molecule has 0 spiro atoms. The van der Waals surface area contributed by atoms with E-state index in [1.165, 1.54) is 5.57 Å². The number of hydrogen-bond donors (Lipinski definition) is 8. The Labute approximate surface area is 568 Å². The number of aromatic carboxylic acids is 1. The molecular weight excluding hydrogens is 1320 g/mol. The number of phenolic OH excluding ortho intramolecular Hbond substituents is 1. The standard InChI is InChI=1S/C70H80Cl3N5O13S3/c1-8-47(42-19-13-11-14-20-42)54(43-22-26-45(79)27-23-43)44-24-28-46(29-25-44)90-34-33-74-30-16-9-10-17-31-75-52(80)21-15-12-18-32-76-53(81)39-92-65-59(72)56(57(68(82)83)58(71)60(65)73)55-50-35-48-40(2)37-69(4,5)77-61(48)66(93(84,85)86)63(50)91-64-51(55)36-49-41(3)38-70(6,7)78-62(49)67(64)94(87,88)89/h11,13-14,19-20,22-29,35-36,40-41,74,77,79H,8-10,12,15-18,21,30-34,37-39H2,1-7H3,(H,75,80)(H,76,81)(H,82,83)(H,84,85,86)(H,87,88,89). The number of halogens is 3. The van der Waals surface area contributed by atoms with Gasteiger partial charge in [0.2, 0.25) is 11.8 Å². The van der Waals surface area contributed by atoms with Gasteiger partial charge in [-0.1, -0.05) is 129 Å². The first-order valence-corrected chi connectivity index (χ1v) is 36.6. The third-order valence-corrected chi connectivity index (χ3v) is 21.4. The van der Waals surface area contributed by atoms with Gasteiger partial charge in [0.1, 0.15) is 18.1 Å². The second kappa shape index (κ2) is 30.2. The molecule has 0 saturated carbocycles. The summed E-state index contributed by atoms with van der Waals surface area (Å²) in [5.74, 6) is -3.40. The van der Waals surface area contributed by atoms with Crippen molar-refractivity contribution >= 4 is 107 Å². The van der Waals surface area contributed by atoms with Crippen LogP contribution < -0.4 is 41.3 Å². The van der Waals surface area contributed by atoms with Gasteiger partial charge in [0.25, 0.3) is 20.2 Å². The maximum atomic E-state index is 13.8. The number of carboxylic acid groups (broad SMARTS) is 1. The Morgan fingerprint density at radius 2 is 1.32 bits per heavy atom. The quantitative estimate of drug-likeness (QED) is 0.00744. The number of unbranched alkanes of at least 4 members (excludes halogenated alkanes) is 5. The molecule has 3 aliphatic rings. The second-order valence-corrected chi connectivity index (χ2v) is 30.3. The Morgan fingerprint density at radius 3 is 1.95 bits per heavy atom. The summed E-state index contributed by atoms with van der Waals surface area (Å²) >= 11 is 22.0. The summed E-state index contributed by atoms with van der Waals surface area (Å²) in [6, 6.07) is 28.9. The Morgan fingerprint density at radius 1 is 0.713 bits per heavy atom. The highest BCUT2D eigenvalue weighted by Gasteiger charge is 2.43. The summed E-state index contributed by atoms with van der Waals surface area (Å²) in [5.41, 5.74) is 3.39. The van der Waals surface area contributed by atoms with Gasteiger partial charge in [-0.15, -0.1) is 11.8 Å². The molecule has 0 saturated heterocycles. The van der Waals surface area contributed by atoms with E-state index in [-0.39, 0.29) is 77.8 Å². The smallest absolute Gasteiger partial charge is 0.337 e. The Hall–Kier alpha value is -6.66. The normalized spacial score (nSPS) is 16.4. The average molecular weight is 1400 g/mol. The number of phenols is 1. The zero-order valence-corrected chi connectivity index (χ0v) is 58.3. The van der Waals surface area contributed by atoms with Crippen molar-refractivity contribution in [3.63, 3.8) is 0 Å². The molecule has 2 amide bonds. The van der Waals surface area contributed by atoms with Gasteiger partial charge in [0.15, 0.2) is 21.3 Å². The number of amides is 2. The highest BCUT2D eigenvalue weighted by Crippen LogP contribution is 2.55. The van der Waals surface area contributed by atoms with Gasteiger partial charge < -0.3 is 41.0 Å². The van der Waals surface area contributed by atoms with Gasteiger partial charge in [-0.25, -0.2) is 4.79 Å². The van der Waals surface area contributed by atoms with Gasteiger partial charge in [0, 0.05) is 58.4 Å². The van der Waals surface area contributed by atoms with E-state index in [0.29, 0.717) is 69.3 Å². The van der Waals surface area contributed by atoms with Crippen LogP contribution in [0, 0.1) is 0 Å². The molecule has 9 rings (SSSR count). The lowest BCUT2D eigenvalue weighted by Gasteiger charge is -2.40. The van der Waals surface area contributed by atoms with Crippen molar-refractivity contribution in [2.75, 3.05) is 43.9 Å². The van der Waals surface area contributed by atoms with Crippen molar-refractivity contribution in [3.8, 4) is 23.0 Å². The van der Waals surface area contributed by atoms with Crippen molar-refractivity contribution in [1.29, 1.82) is 0 Å². The van der Waals surface area contributed by atoms with Crippen LogP contribution in [0.3, 0.4) is 0 Å². The van der Waals surface area contributed by atoms with Crippen LogP contribution in [0.25, 0.3) is 16.7 Å². The third kappa shape index (κ3) is 16.6. The fourth-order valence-corrected chi connectivity index (χ4v) is 16.6. The van der Waals surface area contributed by atoms with Crippen molar-refractivity contribution in [2.45, 2.75) is 157 Å². The number of fused-ring (bicyclic) bond motifs is 4. The lowest BCUT2D eigenvalue weighted by atomic mass is 9.79. The zero-order chi connectivity index (χ0) is 68.0. The molecule has 0 radical (unpaired) electrons. The molecule has 6 aromatic carbocycles. The molecule has 0 aromatic heterocycles. The van der Waals surface area contributed by atoms with Crippen LogP contribution in [-0.2, 0) is 29.8 Å². The number of rotatable bonds is 28.